The van der Waals surface area contributed by atoms with Crippen molar-refractivity contribution in [2.75, 3.05) is 10.6 Å². The van der Waals surface area contributed by atoms with Gasteiger partial charge in [0.05, 0.1) is 36.9 Å². The molecule has 5 rings (SSSR count). The molecule has 0 radical (unpaired) electrons. The van der Waals surface area contributed by atoms with Gasteiger partial charge in [0.1, 0.15) is 0 Å². The lowest BCUT2D eigenvalue weighted by molar-refractivity contribution is 0.687. The van der Waals surface area contributed by atoms with Crippen LogP contribution < -0.4 is 10.6 Å². The summed E-state index contributed by atoms with van der Waals surface area (Å²) in [6, 6.07) is 20.1. The lowest BCUT2D eigenvalue weighted by atomic mass is 10.0. The van der Waals surface area contributed by atoms with E-state index in [0.29, 0.717) is 28.2 Å². The van der Waals surface area contributed by atoms with Crippen LogP contribution in [-0.2, 0) is 13.1 Å². The first-order valence-electron chi connectivity index (χ1n) is 10.6. The molecular formula is C25H20Cl2N6S. The molecule has 170 valence electrons. The molecule has 0 atom stereocenters. The van der Waals surface area contributed by atoms with Gasteiger partial charge in [-0.3, -0.25) is 9.36 Å². The molecule has 0 bridgehead atoms. The summed E-state index contributed by atoms with van der Waals surface area (Å²) in [5.74, 6) is 0. The van der Waals surface area contributed by atoms with Gasteiger partial charge in [0.25, 0.3) is 0 Å². The van der Waals surface area contributed by atoms with Crippen LogP contribution in [0.4, 0.5) is 11.4 Å². The molecular weight excluding hydrogens is 487 g/mol. The summed E-state index contributed by atoms with van der Waals surface area (Å²) >= 11 is 17.7. The maximum absolute atomic E-state index is 6.26. The molecule has 2 heterocycles. The van der Waals surface area contributed by atoms with Crippen LogP contribution in [0.15, 0.2) is 85.5 Å². The number of benzene rings is 3. The summed E-state index contributed by atoms with van der Waals surface area (Å²) < 4.78 is 3.67. The Bertz CT molecular complexity index is 1470. The third-order valence-corrected chi connectivity index (χ3v) is 6.13. The van der Waals surface area contributed by atoms with Crippen molar-refractivity contribution in [3.63, 3.8) is 0 Å². The average Bonchev–Trinajstić information content (AvgIpc) is 3.45. The molecule has 0 unspecified atom stereocenters. The van der Waals surface area contributed by atoms with E-state index in [-0.39, 0.29) is 0 Å². The Balaban J connectivity index is 1.20. The maximum Gasteiger partial charge on any atom is 0.175 e. The molecule has 0 spiro atoms. The molecule has 6 nitrogen and oxygen atoms in total. The highest BCUT2D eigenvalue weighted by Gasteiger charge is 2.08. The van der Waals surface area contributed by atoms with Gasteiger partial charge in [0.2, 0.25) is 0 Å². The van der Waals surface area contributed by atoms with Crippen LogP contribution in [0.25, 0.3) is 10.8 Å². The van der Waals surface area contributed by atoms with E-state index in [4.69, 9.17) is 35.4 Å². The van der Waals surface area contributed by atoms with Crippen molar-refractivity contribution in [3.05, 3.63) is 107 Å². The number of nitrogens with zero attached hydrogens (tertiary/aromatic N) is 4. The second-order valence-corrected chi connectivity index (χ2v) is 9.06. The largest absolute Gasteiger partial charge is 0.330 e. The SMILES string of the molecule is S=C(Nc1cnn(Cc2ccc(Cl)cc2Cl)c1)Nc1cnn(Cc2cccc3ccccc23)c1. The van der Waals surface area contributed by atoms with Crippen LogP contribution >= 0.6 is 35.4 Å². The summed E-state index contributed by atoms with van der Waals surface area (Å²) in [7, 11) is 0. The summed E-state index contributed by atoms with van der Waals surface area (Å²) in [6.45, 7) is 1.20. The van der Waals surface area contributed by atoms with Gasteiger partial charge < -0.3 is 10.6 Å². The topological polar surface area (TPSA) is 59.7 Å². The van der Waals surface area contributed by atoms with Crippen LogP contribution in [0.3, 0.4) is 0 Å². The fraction of sp³-hybridized carbons (Fsp3) is 0.0800. The van der Waals surface area contributed by atoms with Crippen LogP contribution in [0.5, 0.6) is 0 Å². The fourth-order valence-corrected chi connectivity index (χ4v) is 4.46. The predicted molar refractivity (Wildman–Crippen MR) is 143 cm³/mol. The molecule has 3 aromatic carbocycles. The highest BCUT2D eigenvalue weighted by atomic mass is 35.5. The van der Waals surface area contributed by atoms with Crippen LogP contribution in [0.2, 0.25) is 10.0 Å². The zero-order chi connectivity index (χ0) is 23.5. The van der Waals surface area contributed by atoms with Gasteiger partial charge in [-0.25, -0.2) is 0 Å². The second-order valence-electron chi connectivity index (χ2n) is 7.81. The van der Waals surface area contributed by atoms with Crippen molar-refractivity contribution >= 4 is 62.7 Å². The Morgan fingerprint density at radius 2 is 1.44 bits per heavy atom. The van der Waals surface area contributed by atoms with E-state index in [2.05, 4.69) is 57.2 Å². The number of aromatic nitrogens is 4. The number of hydrogen-bond donors (Lipinski definition) is 2. The molecule has 5 aromatic rings. The minimum absolute atomic E-state index is 0.453. The van der Waals surface area contributed by atoms with Crippen molar-refractivity contribution in [2.45, 2.75) is 13.1 Å². The van der Waals surface area contributed by atoms with Gasteiger partial charge in [-0.15, -0.1) is 0 Å². The minimum Gasteiger partial charge on any atom is -0.330 e. The maximum atomic E-state index is 6.26. The van der Waals surface area contributed by atoms with Crippen molar-refractivity contribution < 1.29 is 0 Å². The normalized spacial score (nSPS) is 11.0. The van der Waals surface area contributed by atoms with Crippen LogP contribution in [0.1, 0.15) is 11.1 Å². The summed E-state index contributed by atoms with van der Waals surface area (Å²) in [4.78, 5) is 0. The molecule has 0 aliphatic rings. The average molecular weight is 507 g/mol. The van der Waals surface area contributed by atoms with Gasteiger partial charge >= 0.3 is 0 Å². The van der Waals surface area contributed by atoms with Crippen molar-refractivity contribution in [2.24, 2.45) is 0 Å². The Labute approximate surface area is 212 Å². The first kappa shape index (κ1) is 22.4. The quantitative estimate of drug-likeness (QED) is 0.259. The molecule has 0 aliphatic carbocycles. The van der Waals surface area contributed by atoms with E-state index in [1.54, 1.807) is 23.1 Å². The molecule has 2 N–H and O–H groups in total. The van der Waals surface area contributed by atoms with E-state index in [0.717, 1.165) is 16.9 Å². The van der Waals surface area contributed by atoms with Gasteiger partial charge in [-0.1, -0.05) is 71.7 Å². The standard InChI is InChI=1S/C25H20Cl2N6S/c26-20-9-8-19(24(27)10-20)14-33-16-22(12-29-33)31-25(34)30-21-11-28-32(15-21)13-18-6-3-5-17-4-1-2-7-23(17)18/h1-12,15-16H,13-14H2,(H2,30,31,34). The van der Waals surface area contributed by atoms with Gasteiger partial charge in [-0.05, 0) is 46.2 Å². The first-order valence-corrected chi connectivity index (χ1v) is 11.7. The number of anilines is 2. The molecule has 0 saturated heterocycles. The van der Waals surface area contributed by atoms with E-state index in [9.17, 15) is 0 Å². The number of hydrogen-bond acceptors (Lipinski definition) is 3. The second kappa shape index (κ2) is 9.85. The zero-order valence-electron chi connectivity index (χ0n) is 18.0. The minimum atomic E-state index is 0.453. The van der Waals surface area contributed by atoms with Crippen molar-refractivity contribution in [1.29, 1.82) is 0 Å². The first-order chi connectivity index (χ1) is 16.5. The number of fused-ring (bicyclic) bond motifs is 1. The summed E-state index contributed by atoms with van der Waals surface area (Å²) in [5, 5.41) is 19.3. The lowest BCUT2D eigenvalue weighted by Gasteiger charge is -2.08. The summed E-state index contributed by atoms with van der Waals surface area (Å²) in [6.07, 6.45) is 7.26. The predicted octanol–water partition coefficient (Wildman–Crippen LogP) is 6.45. The lowest BCUT2D eigenvalue weighted by Crippen LogP contribution is -2.18. The third-order valence-electron chi connectivity index (χ3n) is 5.34. The highest BCUT2D eigenvalue weighted by Crippen LogP contribution is 2.22. The van der Waals surface area contributed by atoms with E-state index < -0.39 is 0 Å². The number of nitrogens with one attached hydrogen (secondary N) is 2. The van der Waals surface area contributed by atoms with Crippen LogP contribution in [0, 0.1) is 0 Å². The van der Waals surface area contributed by atoms with Gasteiger partial charge in [-0.2, -0.15) is 10.2 Å². The van der Waals surface area contributed by atoms with E-state index in [1.807, 2.05) is 35.3 Å². The molecule has 0 saturated carbocycles. The monoisotopic (exact) mass is 506 g/mol. The zero-order valence-corrected chi connectivity index (χ0v) is 20.3. The summed E-state index contributed by atoms with van der Waals surface area (Å²) in [5.41, 5.74) is 3.71. The van der Waals surface area contributed by atoms with E-state index >= 15 is 0 Å². The fourth-order valence-electron chi connectivity index (χ4n) is 3.75. The van der Waals surface area contributed by atoms with Crippen molar-refractivity contribution in [3.8, 4) is 0 Å². The molecule has 9 heteroatoms. The Hall–Kier alpha value is -3.39. The Morgan fingerprint density at radius 3 is 2.15 bits per heavy atom. The third kappa shape index (κ3) is 5.22. The molecule has 0 amide bonds. The molecule has 2 aromatic heterocycles. The smallest absolute Gasteiger partial charge is 0.175 e. The molecule has 0 aliphatic heterocycles. The Morgan fingerprint density at radius 1 is 0.794 bits per heavy atom. The molecule has 34 heavy (non-hydrogen) atoms. The highest BCUT2D eigenvalue weighted by molar-refractivity contribution is 7.80. The van der Waals surface area contributed by atoms with E-state index in [1.165, 1.54) is 16.3 Å². The van der Waals surface area contributed by atoms with Crippen LogP contribution in [-0.4, -0.2) is 24.7 Å². The molecule has 0 fully saturated rings. The van der Waals surface area contributed by atoms with Gasteiger partial charge in [0, 0.05) is 22.4 Å². The Kier molecular flexibility index (Phi) is 6.49. The number of rotatable bonds is 6. The van der Waals surface area contributed by atoms with Crippen molar-refractivity contribution in [1.82, 2.24) is 19.6 Å². The number of thiocarbonyl (C=S) groups is 1. The number of halogens is 2. The van der Waals surface area contributed by atoms with Gasteiger partial charge in [0.15, 0.2) is 5.11 Å².